The lowest BCUT2D eigenvalue weighted by molar-refractivity contribution is -0.275. The minimum atomic E-state index is -5.12. The van der Waals surface area contributed by atoms with Crippen LogP contribution >= 0.6 is 0 Å². The molecule has 0 radical (unpaired) electrons. The van der Waals surface area contributed by atoms with E-state index in [1.807, 2.05) is 6.92 Å². The van der Waals surface area contributed by atoms with Gasteiger partial charge in [0, 0.05) is 19.0 Å². The Labute approximate surface area is 183 Å². The molecule has 2 aromatic heterocycles. The average Bonchev–Trinajstić information content (AvgIpc) is 3.22. The molecule has 0 saturated carbocycles. The van der Waals surface area contributed by atoms with Gasteiger partial charge in [-0.2, -0.15) is 10.1 Å². The number of fused-ring (bicyclic) bond motifs is 1. The van der Waals surface area contributed by atoms with Crippen LogP contribution in [0.4, 0.5) is 26.3 Å². The quantitative estimate of drug-likeness (QED) is 0.527. The molecular formula is C20H17F6N5O2. The van der Waals surface area contributed by atoms with Crippen LogP contribution in [0.15, 0.2) is 30.6 Å². The van der Waals surface area contributed by atoms with Crippen molar-refractivity contribution in [2.75, 3.05) is 13.1 Å². The van der Waals surface area contributed by atoms with Crippen LogP contribution in [0.25, 0.3) is 5.78 Å². The number of amides is 1. The molecule has 33 heavy (non-hydrogen) atoms. The summed E-state index contributed by atoms with van der Waals surface area (Å²) in [5.74, 6) is -3.96. The number of piperidine rings is 1. The van der Waals surface area contributed by atoms with Gasteiger partial charge in [0.15, 0.2) is 11.6 Å². The predicted octanol–water partition coefficient (Wildman–Crippen LogP) is 4.37. The zero-order valence-corrected chi connectivity index (χ0v) is 17.1. The average molecular weight is 473 g/mol. The summed E-state index contributed by atoms with van der Waals surface area (Å²) in [7, 11) is 0. The van der Waals surface area contributed by atoms with Crippen molar-refractivity contribution in [1.29, 1.82) is 0 Å². The highest BCUT2D eigenvalue weighted by Gasteiger charge is 2.36. The molecule has 7 nitrogen and oxygen atoms in total. The van der Waals surface area contributed by atoms with Crippen LogP contribution < -0.4 is 4.74 Å². The molecule has 0 aliphatic carbocycles. The smallest absolute Gasteiger partial charge is 0.403 e. The fourth-order valence-electron chi connectivity index (χ4n) is 3.92. The van der Waals surface area contributed by atoms with Gasteiger partial charge in [-0.25, -0.2) is 22.7 Å². The first kappa shape index (κ1) is 22.8. The van der Waals surface area contributed by atoms with E-state index in [0.29, 0.717) is 12.1 Å². The second-order valence-electron chi connectivity index (χ2n) is 7.67. The van der Waals surface area contributed by atoms with Gasteiger partial charge in [0.1, 0.15) is 12.0 Å². The lowest BCUT2D eigenvalue weighted by Crippen LogP contribution is -2.43. The van der Waals surface area contributed by atoms with E-state index in [1.54, 1.807) is 0 Å². The number of carbonyl (C=O) groups excluding carboxylic acids is 1. The first-order valence-electron chi connectivity index (χ1n) is 9.87. The Hall–Kier alpha value is -3.38. The minimum Gasteiger partial charge on any atom is -0.403 e. The Balaban J connectivity index is 1.66. The Morgan fingerprint density at radius 2 is 2.03 bits per heavy atom. The standard InChI is InChI=1S/C20H17F6N5O2/c1-10-5-6-30(18(32)11-3-2-4-15(16(11)21)33-20(24,25)26)8-12(10)14-7-13(17(22)23)29-19-27-9-28-31(14)19/h2-4,7,9-10,12,17H,5-6,8H2,1H3/t10-,12-/m1/s1. The molecule has 0 N–H and O–H groups in total. The Morgan fingerprint density at radius 1 is 1.27 bits per heavy atom. The molecule has 1 saturated heterocycles. The second kappa shape index (κ2) is 8.52. The number of carbonyl (C=O) groups is 1. The van der Waals surface area contributed by atoms with E-state index in [-0.39, 0.29) is 24.8 Å². The van der Waals surface area contributed by atoms with Gasteiger partial charge in [-0.3, -0.25) is 4.79 Å². The largest absolute Gasteiger partial charge is 0.573 e. The molecule has 0 bridgehead atoms. The van der Waals surface area contributed by atoms with E-state index in [9.17, 15) is 31.1 Å². The number of hydrogen-bond donors (Lipinski definition) is 0. The van der Waals surface area contributed by atoms with Crippen LogP contribution in [0.2, 0.25) is 0 Å². The molecule has 13 heteroatoms. The summed E-state index contributed by atoms with van der Waals surface area (Å²) in [6, 6.07) is 4.11. The number of likely N-dealkylation sites (tertiary alicyclic amines) is 1. The van der Waals surface area contributed by atoms with E-state index in [1.165, 1.54) is 21.8 Å². The summed E-state index contributed by atoms with van der Waals surface area (Å²) in [4.78, 5) is 21.9. The van der Waals surface area contributed by atoms with Gasteiger partial charge in [0.25, 0.3) is 18.1 Å². The van der Waals surface area contributed by atoms with Crippen molar-refractivity contribution < 1.29 is 35.9 Å². The number of nitrogens with zero attached hydrogens (tertiary/aromatic N) is 5. The van der Waals surface area contributed by atoms with Gasteiger partial charge in [-0.15, -0.1) is 13.2 Å². The van der Waals surface area contributed by atoms with Gasteiger partial charge in [0.05, 0.1) is 11.3 Å². The van der Waals surface area contributed by atoms with Crippen LogP contribution in [0.1, 0.15) is 47.4 Å². The van der Waals surface area contributed by atoms with Crippen molar-refractivity contribution in [2.24, 2.45) is 5.92 Å². The fourth-order valence-corrected chi connectivity index (χ4v) is 3.92. The highest BCUT2D eigenvalue weighted by molar-refractivity contribution is 5.95. The van der Waals surface area contributed by atoms with Crippen LogP contribution in [0.5, 0.6) is 5.75 Å². The van der Waals surface area contributed by atoms with Gasteiger partial charge >= 0.3 is 6.36 Å². The minimum absolute atomic E-state index is 0.00540. The Morgan fingerprint density at radius 3 is 2.73 bits per heavy atom. The van der Waals surface area contributed by atoms with Crippen LogP contribution in [0.3, 0.4) is 0 Å². The number of rotatable bonds is 4. The third kappa shape index (κ3) is 4.57. The second-order valence-corrected chi connectivity index (χ2v) is 7.67. The number of benzene rings is 1. The SMILES string of the molecule is C[C@@H]1CCN(C(=O)c2cccc(OC(F)(F)F)c2F)C[C@H]1c1cc(C(F)F)nc2ncnn12. The summed E-state index contributed by atoms with van der Waals surface area (Å²) < 4.78 is 83.9. The number of halogens is 6. The Bertz CT molecular complexity index is 1180. The maximum absolute atomic E-state index is 14.6. The molecule has 1 fully saturated rings. The predicted molar refractivity (Wildman–Crippen MR) is 101 cm³/mol. The van der Waals surface area contributed by atoms with Crippen molar-refractivity contribution >= 4 is 11.7 Å². The first-order chi connectivity index (χ1) is 15.5. The lowest BCUT2D eigenvalue weighted by atomic mass is 9.84. The van der Waals surface area contributed by atoms with Crippen LogP contribution in [-0.4, -0.2) is 49.8 Å². The molecule has 2 atom stereocenters. The topological polar surface area (TPSA) is 72.6 Å². The van der Waals surface area contributed by atoms with Gasteiger partial charge in [0.2, 0.25) is 0 Å². The molecule has 3 heterocycles. The van der Waals surface area contributed by atoms with Gasteiger partial charge in [-0.05, 0) is 30.5 Å². The van der Waals surface area contributed by atoms with E-state index in [2.05, 4.69) is 19.8 Å². The monoisotopic (exact) mass is 473 g/mol. The van der Waals surface area contributed by atoms with Crippen molar-refractivity contribution in [3.63, 3.8) is 0 Å². The van der Waals surface area contributed by atoms with Gasteiger partial charge in [-0.1, -0.05) is 13.0 Å². The molecule has 1 aromatic carbocycles. The molecule has 0 unspecified atom stereocenters. The fraction of sp³-hybridized carbons (Fsp3) is 0.400. The van der Waals surface area contributed by atoms with Crippen molar-refractivity contribution in [3.8, 4) is 5.75 Å². The zero-order valence-electron chi connectivity index (χ0n) is 17.1. The normalized spacial score (nSPS) is 19.3. The highest BCUT2D eigenvalue weighted by Crippen LogP contribution is 2.35. The van der Waals surface area contributed by atoms with Crippen molar-refractivity contribution in [3.05, 3.63) is 53.4 Å². The van der Waals surface area contributed by atoms with E-state index < -0.39 is 47.4 Å². The molecule has 4 rings (SSSR count). The summed E-state index contributed by atoms with van der Waals surface area (Å²) in [5.41, 5.74) is -0.726. The molecule has 1 amide bonds. The summed E-state index contributed by atoms with van der Waals surface area (Å²) in [6.45, 7) is 2.08. The third-order valence-electron chi connectivity index (χ3n) is 5.57. The van der Waals surface area contributed by atoms with Crippen LogP contribution in [0, 0.1) is 11.7 Å². The van der Waals surface area contributed by atoms with Crippen LogP contribution in [-0.2, 0) is 0 Å². The van der Waals surface area contributed by atoms with Crippen molar-refractivity contribution in [1.82, 2.24) is 24.5 Å². The molecule has 176 valence electrons. The third-order valence-corrected chi connectivity index (χ3v) is 5.57. The molecule has 0 spiro atoms. The maximum atomic E-state index is 14.6. The number of ether oxygens (including phenoxy) is 1. The van der Waals surface area contributed by atoms with Crippen molar-refractivity contribution in [2.45, 2.75) is 32.1 Å². The van der Waals surface area contributed by atoms with E-state index in [0.717, 1.165) is 18.2 Å². The number of alkyl halides is 5. The Kier molecular flexibility index (Phi) is 5.89. The zero-order chi connectivity index (χ0) is 23.9. The summed E-state index contributed by atoms with van der Waals surface area (Å²) >= 11 is 0. The highest BCUT2D eigenvalue weighted by atomic mass is 19.4. The maximum Gasteiger partial charge on any atom is 0.573 e. The molecule has 1 aliphatic heterocycles. The summed E-state index contributed by atoms with van der Waals surface area (Å²) in [6.07, 6.45) is -6.37. The molecule has 3 aromatic rings. The van der Waals surface area contributed by atoms with Gasteiger partial charge < -0.3 is 9.64 Å². The number of hydrogen-bond acceptors (Lipinski definition) is 5. The number of aromatic nitrogens is 4. The van der Waals surface area contributed by atoms with E-state index in [4.69, 9.17) is 0 Å². The summed E-state index contributed by atoms with van der Waals surface area (Å²) in [5, 5.41) is 4.03. The van der Waals surface area contributed by atoms with E-state index >= 15 is 0 Å². The first-order valence-corrected chi connectivity index (χ1v) is 9.87. The molecule has 1 aliphatic rings. The molecular weight excluding hydrogens is 456 g/mol. The lowest BCUT2D eigenvalue weighted by Gasteiger charge is -2.37.